The van der Waals surface area contributed by atoms with E-state index in [0.717, 1.165) is 16.2 Å². The first-order chi connectivity index (χ1) is 15.0. The second-order valence-corrected chi connectivity index (χ2v) is 8.33. The Balaban J connectivity index is 1.57. The number of rotatable bonds is 5. The smallest absolute Gasteiger partial charge is 0.244 e. The lowest BCUT2D eigenvalue weighted by atomic mass is 10.1. The molecule has 2 amide bonds. The average molecular weight is 437 g/mol. The van der Waals surface area contributed by atoms with Gasteiger partial charge in [-0.1, -0.05) is 30.3 Å². The van der Waals surface area contributed by atoms with Crippen molar-refractivity contribution < 1.29 is 18.7 Å². The first-order valence-corrected chi connectivity index (χ1v) is 10.7. The maximum Gasteiger partial charge on any atom is 0.244 e. The summed E-state index contributed by atoms with van der Waals surface area (Å²) in [6, 6.07) is 20.9. The minimum atomic E-state index is -0.437. The number of ether oxygens (including phenoxy) is 1. The van der Waals surface area contributed by atoms with Gasteiger partial charge in [0.15, 0.2) is 0 Å². The Kier molecular flexibility index (Phi) is 6.23. The van der Waals surface area contributed by atoms with Gasteiger partial charge in [-0.15, -0.1) is 11.8 Å². The van der Waals surface area contributed by atoms with Gasteiger partial charge in [0.25, 0.3) is 0 Å². The van der Waals surface area contributed by atoms with Crippen molar-refractivity contribution in [3.05, 3.63) is 84.2 Å². The van der Waals surface area contributed by atoms with Crippen molar-refractivity contribution in [1.29, 1.82) is 0 Å². The first-order valence-electron chi connectivity index (χ1n) is 9.79. The number of fused-ring (bicyclic) bond motifs is 1. The van der Waals surface area contributed by atoms with Gasteiger partial charge in [0, 0.05) is 22.3 Å². The van der Waals surface area contributed by atoms with Gasteiger partial charge in [-0.05, 0) is 48.0 Å². The van der Waals surface area contributed by atoms with Gasteiger partial charge in [-0.3, -0.25) is 9.59 Å². The van der Waals surface area contributed by atoms with Crippen LogP contribution in [0.5, 0.6) is 5.75 Å². The van der Waals surface area contributed by atoms with Crippen LogP contribution < -0.4 is 15.0 Å². The molecule has 0 fully saturated rings. The average Bonchev–Trinajstić information content (AvgIpc) is 2.90. The number of para-hydroxylation sites is 1. The number of anilines is 2. The summed E-state index contributed by atoms with van der Waals surface area (Å²) in [6.45, 7) is -0.151. The predicted octanol–water partition coefficient (Wildman–Crippen LogP) is 5.04. The molecule has 0 spiro atoms. The van der Waals surface area contributed by atoms with Crippen LogP contribution in [0, 0.1) is 5.82 Å². The highest BCUT2D eigenvalue weighted by Gasteiger charge is 2.30. The highest BCUT2D eigenvalue weighted by atomic mass is 32.2. The third kappa shape index (κ3) is 4.88. The largest absolute Gasteiger partial charge is 0.497 e. The number of nitrogens with one attached hydrogen (secondary N) is 1. The van der Waals surface area contributed by atoms with Crippen molar-refractivity contribution in [3.8, 4) is 5.75 Å². The van der Waals surface area contributed by atoms with E-state index in [0.29, 0.717) is 11.4 Å². The summed E-state index contributed by atoms with van der Waals surface area (Å²) in [5.41, 5.74) is 2.06. The molecular formula is C24H21FN2O3S. The van der Waals surface area contributed by atoms with E-state index in [9.17, 15) is 14.0 Å². The number of hydrogen-bond donors (Lipinski definition) is 1. The number of hydrogen-bond acceptors (Lipinski definition) is 4. The lowest BCUT2D eigenvalue weighted by Gasteiger charge is -2.22. The molecule has 0 unspecified atom stereocenters. The Morgan fingerprint density at radius 2 is 1.90 bits per heavy atom. The van der Waals surface area contributed by atoms with E-state index in [-0.39, 0.29) is 30.0 Å². The molecule has 3 aromatic carbocycles. The summed E-state index contributed by atoms with van der Waals surface area (Å²) in [4.78, 5) is 28.2. The normalized spacial score (nSPS) is 15.7. The maximum atomic E-state index is 13.4. The number of carbonyl (C=O) groups is 2. The first kappa shape index (κ1) is 20.9. The summed E-state index contributed by atoms with van der Waals surface area (Å²) in [5.74, 6) is -0.216. The summed E-state index contributed by atoms with van der Waals surface area (Å²) in [7, 11) is 1.61. The van der Waals surface area contributed by atoms with Crippen LogP contribution in [-0.2, 0) is 9.59 Å². The number of amides is 2. The molecule has 7 heteroatoms. The zero-order valence-corrected chi connectivity index (χ0v) is 17.7. The number of halogens is 1. The van der Waals surface area contributed by atoms with Crippen LogP contribution in [0.15, 0.2) is 77.7 Å². The molecule has 1 aliphatic heterocycles. The number of benzene rings is 3. The van der Waals surface area contributed by atoms with Crippen molar-refractivity contribution in [3.63, 3.8) is 0 Å². The molecule has 1 aliphatic rings. The van der Waals surface area contributed by atoms with Crippen LogP contribution in [0.2, 0.25) is 0 Å². The molecule has 0 aliphatic carbocycles. The number of thioether (sulfide) groups is 1. The zero-order valence-electron chi connectivity index (χ0n) is 16.9. The Morgan fingerprint density at radius 3 is 2.65 bits per heavy atom. The minimum Gasteiger partial charge on any atom is -0.497 e. The SMILES string of the molecule is COc1ccc([C@H]2CC(=O)N(CC(=O)Nc3cccc(F)c3)c3ccccc3S2)cc1. The fourth-order valence-electron chi connectivity index (χ4n) is 3.47. The number of methoxy groups -OCH3 is 1. The lowest BCUT2D eigenvalue weighted by Crippen LogP contribution is -2.38. The van der Waals surface area contributed by atoms with Gasteiger partial charge in [0.1, 0.15) is 18.1 Å². The highest BCUT2D eigenvalue weighted by Crippen LogP contribution is 2.45. The number of carbonyl (C=O) groups excluding carboxylic acids is 2. The molecule has 1 atom stereocenters. The van der Waals surface area contributed by atoms with Gasteiger partial charge in [-0.25, -0.2) is 4.39 Å². The maximum absolute atomic E-state index is 13.4. The molecule has 31 heavy (non-hydrogen) atoms. The van der Waals surface area contributed by atoms with Crippen LogP contribution >= 0.6 is 11.8 Å². The molecule has 0 aromatic heterocycles. The summed E-state index contributed by atoms with van der Waals surface area (Å²) >= 11 is 1.60. The van der Waals surface area contributed by atoms with E-state index < -0.39 is 5.82 Å². The monoisotopic (exact) mass is 436 g/mol. The molecule has 1 N–H and O–H groups in total. The fourth-order valence-corrected chi connectivity index (χ4v) is 4.75. The fraction of sp³-hybridized carbons (Fsp3) is 0.167. The van der Waals surface area contributed by atoms with Crippen molar-refractivity contribution in [2.24, 2.45) is 0 Å². The van der Waals surface area contributed by atoms with E-state index >= 15 is 0 Å². The third-order valence-electron chi connectivity index (χ3n) is 4.98. The van der Waals surface area contributed by atoms with Crippen LogP contribution in [0.4, 0.5) is 15.8 Å². The van der Waals surface area contributed by atoms with Crippen molar-refractivity contribution in [1.82, 2.24) is 0 Å². The quantitative estimate of drug-likeness (QED) is 0.609. The van der Waals surface area contributed by atoms with Crippen LogP contribution in [0.3, 0.4) is 0 Å². The van der Waals surface area contributed by atoms with E-state index in [1.54, 1.807) is 24.9 Å². The van der Waals surface area contributed by atoms with Crippen LogP contribution in [-0.4, -0.2) is 25.5 Å². The molecular weight excluding hydrogens is 415 g/mol. The summed E-state index contributed by atoms with van der Waals surface area (Å²) < 4.78 is 18.6. The molecule has 3 aromatic rings. The zero-order chi connectivity index (χ0) is 21.8. The summed E-state index contributed by atoms with van der Waals surface area (Å²) in [5, 5.41) is 2.58. The second kappa shape index (κ2) is 9.22. The van der Waals surface area contributed by atoms with Gasteiger partial charge in [0.05, 0.1) is 12.8 Å². The Morgan fingerprint density at radius 1 is 1.13 bits per heavy atom. The Hall–Kier alpha value is -3.32. The molecule has 5 nitrogen and oxygen atoms in total. The highest BCUT2D eigenvalue weighted by molar-refractivity contribution is 7.99. The standard InChI is InChI=1S/C24H21FN2O3S/c1-30-19-11-9-16(10-12-19)22-14-24(29)27(20-7-2-3-8-21(20)31-22)15-23(28)26-18-6-4-5-17(25)13-18/h2-13,22H,14-15H2,1H3,(H,26,28)/t22-/m1/s1. The minimum absolute atomic E-state index is 0.0872. The number of nitrogens with zero attached hydrogens (tertiary/aromatic N) is 1. The molecule has 0 saturated heterocycles. The topological polar surface area (TPSA) is 58.6 Å². The van der Waals surface area contributed by atoms with E-state index in [4.69, 9.17) is 4.74 Å². The molecule has 4 rings (SSSR count). The van der Waals surface area contributed by atoms with Gasteiger partial charge in [0.2, 0.25) is 11.8 Å². The van der Waals surface area contributed by atoms with Crippen LogP contribution in [0.1, 0.15) is 17.2 Å². The molecule has 158 valence electrons. The van der Waals surface area contributed by atoms with Crippen LogP contribution in [0.25, 0.3) is 0 Å². The lowest BCUT2D eigenvalue weighted by molar-refractivity contribution is -0.121. The van der Waals surface area contributed by atoms with E-state index in [1.807, 2.05) is 48.5 Å². The second-order valence-electron chi connectivity index (χ2n) is 7.09. The molecule has 1 heterocycles. The summed E-state index contributed by atoms with van der Waals surface area (Å²) in [6.07, 6.45) is 0.249. The Bertz CT molecular complexity index is 1100. The van der Waals surface area contributed by atoms with Gasteiger partial charge in [-0.2, -0.15) is 0 Å². The van der Waals surface area contributed by atoms with Crippen molar-refractivity contribution >= 4 is 35.0 Å². The molecule has 0 bridgehead atoms. The van der Waals surface area contributed by atoms with Crippen molar-refractivity contribution in [2.45, 2.75) is 16.6 Å². The molecule has 0 radical (unpaired) electrons. The Labute approximate surface area is 184 Å². The van der Waals surface area contributed by atoms with Crippen molar-refractivity contribution in [2.75, 3.05) is 23.9 Å². The molecule has 0 saturated carbocycles. The van der Waals surface area contributed by atoms with Gasteiger partial charge < -0.3 is 15.0 Å². The van der Waals surface area contributed by atoms with E-state index in [1.165, 1.54) is 23.1 Å². The van der Waals surface area contributed by atoms with Gasteiger partial charge >= 0.3 is 0 Å². The predicted molar refractivity (Wildman–Crippen MR) is 120 cm³/mol. The van der Waals surface area contributed by atoms with E-state index in [2.05, 4.69) is 5.32 Å². The third-order valence-corrected chi connectivity index (χ3v) is 6.31.